The van der Waals surface area contributed by atoms with Crippen LogP contribution in [0.3, 0.4) is 0 Å². The van der Waals surface area contributed by atoms with E-state index in [1.807, 2.05) is 13.0 Å². The maximum atomic E-state index is 12.8. The minimum Gasteiger partial charge on any atom is -0.291 e. The highest BCUT2D eigenvalue weighted by atomic mass is 16.1. The highest BCUT2D eigenvalue weighted by molar-refractivity contribution is 6.01. The Morgan fingerprint density at radius 1 is 1.39 bits per heavy atom. The standard InChI is InChI=1S/C14H23N3O/c1-4-14(3,16-10-6-7-11-16)13(18)12-8-9-15-17(12)5-2/h8-9H,4-7,10-11H2,1-3H3. The second kappa shape index (κ2) is 5.22. The van der Waals surface area contributed by atoms with Crippen molar-refractivity contribution in [3.05, 3.63) is 18.0 Å². The number of carbonyl (C=O) groups excluding carboxylic acids is 1. The first-order valence-electron chi connectivity index (χ1n) is 6.95. The fourth-order valence-electron chi connectivity index (χ4n) is 2.79. The number of Topliss-reactive ketones (excluding diaryl/α,β-unsaturated/α-hetero) is 1. The zero-order valence-electron chi connectivity index (χ0n) is 11.6. The molecule has 0 spiro atoms. The maximum Gasteiger partial charge on any atom is 0.200 e. The van der Waals surface area contributed by atoms with Crippen molar-refractivity contribution < 1.29 is 4.79 Å². The van der Waals surface area contributed by atoms with Crippen LogP contribution in [-0.2, 0) is 6.54 Å². The van der Waals surface area contributed by atoms with Crippen molar-refractivity contribution in [3.63, 3.8) is 0 Å². The van der Waals surface area contributed by atoms with Crippen molar-refractivity contribution in [3.8, 4) is 0 Å². The number of rotatable bonds is 5. The average molecular weight is 249 g/mol. The minimum absolute atomic E-state index is 0.214. The second-order valence-electron chi connectivity index (χ2n) is 5.18. The lowest BCUT2D eigenvalue weighted by molar-refractivity contribution is 0.0636. The normalized spacial score (nSPS) is 19.9. The Labute approximate surface area is 109 Å². The summed E-state index contributed by atoms with van der Waals surface area (Å²) < 4.78 is 1.80. The molecule has 4 heteroatoms. The molecule has 18 heavy (non-hydrogen) atoms. The molecule has 1 aliphatic heterocycles. The Bertz CT molecular complexity index is 420. The van der Waals surface area contributed by atoms with Crippen molar-refractivity contribution >= 4 is 5.78 Å². The molecule has 2 heterocycles. The fraction of sp³-hybridized carbons (Fsp3) is 0.714. The molecule has 1 atom stereocenters. The summed E-state index contributed by atoms with van der Waals surface area (Å²) in [5.74, 6) is 0.214. The predicted molar refractivity (Wildman–Crippen MR) is 71.7 cm³/mol. The molecule has 0 amide bonds. The molecule has 1 aliphatic rings. The van der Waals surface area contributed by atoms with Gasteiger partial charge in [-0.25, -0.2) is 0 Å². The molecular formula is C14H23N3O. The van der Waals surface area contributed by atoms with Gasteiger partial charge in [-0.05, 0) is 52.3 Å². The van der Waals surface area contributed by atoms with E-state index >= 15 is 0 Å². The average Bonchev–Trinajstić information content (AvgIpc) is 3.06. The topological polar surface area (TPSA) is 38.1 Å². The van der Waals surface area contributed by atoms with E-state index in [-0.39, 0.29) is 11.3 Å². The van der Waals surface area contributed by atoms with E-state index in [2.05, 4.69) is 23.8 Å². The summed E-state index contributed by atoms with van der Waals surface area (Å²) in [5, 5.41) is 4.21. The fourth-order valence-corrected chi connectivity index (χ4v) is 2.79. The molecule has 100 valence electrons. The summed E-state index contributed by atoms with van der Waals surface area (Å²) in [7, 11) is 0. The Hall–Kier alpha value is -1.16. The molecule has 1 saturated heterocycles. The lowest BCUT2D eigenvalue weighted by Crippen LogP contribution is -2.51. The number of ketones is 1. The number of likely N-dealkylation sites (tertiary alicyclic amines) is 1. The van der Waals surface area contributed by atoms with Gasteiger partial charge in [-0.3, -0.25) is 14.4 Å². The first-order chi connectivity index (χ1) is 8.63. The molecule has 0 bridgehead atoms. The van der Waals surface area contributed by atoms with Crippen molar-refractivity contribution in [2.24, 2.45) is 0 Å². The van der Waals surface area contributed by atoms with Gasteiger partial charge in [-0.1, -0.05) is 6.92 Å². The van der Waals surface area contributed by atoms with E-state index in [1.165, 1.54) is 12.8 Å². The number of aromatic nitrogens is 2. The van der Waals surface area contributed by atoms with E-state index in [1.54, 1.807) is 10.9 Å². The van der Waals surface area contributed by atoms with Crippen molar-refractivity contribution in [2.45, 2.75) is 52.1 Å². The summed E-state index contributed by atoms with van der Waals surface area (Å²) in [4.78, 5) is 15.2. The van der Waals surface area contributed by atoms with Crippen LogP contribution in [0.2, 0.25) is 0 Å². The molecule has 2 rings (SSSR count). The van der Waals surface area contributed by atoms with Crippen LogP contribution in [0.15, 0.2) is 12.3 Å². The van der Waals surface area contributed by atoms with E-state index < -0.39 is 0 Å². The van der Waals surface area contributed by atoms with Crippen LogP contribution in [-0.4, -0.2) is 39.1 Å². The van der Waals surface area contributed by atoms with Gasteiger partial charge in [0.15, 0.2) is 0 Å². The summed E-state index contributed by atoms with van der Waals surface area (Å²) in [6, 6.07) is 1.84. The zero-order chi connectivity index (χ0) is 13.2. The van der Waals surface area contributed by atoms with Gasteiger partial charge < -0.3 is 0 Å². The summed E-state index contributed by atoms with van der Waals surface area (Å²) in [5.41, 5.74) is 0.373. The summed E-state index contributed by atoms with van der Waals surface area (Å²) >= 11 is 0. The van der Waals surface area contributed by atoms with Crippen molar-refractivity contribution in [2.75, 3.05) is 13.1 Å². The summed E-state index contributed by atoms with van der Waals surface area (Å²) in [6.07, 6.45) is 4.98. The van der Waals surface area contributed by atoms with Gasteiger partial charge in [0.1, 0.15) is 5.69 Å². The van der Waals surface area contributed by atoms with E-state index in [0.717, 1.165) is 31.7 Å². The van der Waals surface area contributed by atoms with Crippen LogP contribution >= 0.6 is 0 Å². The number of hydrogen-bond donors (Lipinski definition) is 0. The minimum atomic E-state index is -0.372. The van der Waals surface area contributed by atoms with Crippen LogP contribution in [0.5, 0.6) is 0 Å². The van der Waals surface area contributed by atoms with Crippen LogP contribution in [0.1, 0.15) is 50.5 Å². The SMILES string of the molecule is CCn1nccc1C(=O)C(C)(CC)N1CCCC1. The first kappa shape index (κ1) is 13.3. The van der Waals surface area contributed by atoms with Crippen LogP contribution < -0.4 is 0 Å². The quantitative estimate of drug-likeness (QED) is 0.752. The number of nitrogens with zero attached hydrogens (tertiary/aromatic N) is 3. The highest BCUT2D eigenvalue weighted by Crippen LogP contribution is 2.28. The number of aryl methyl sites for hydroxylation is 1. The Morgan fingerprint density at radius 3 is 2.61 bits per heavy atom. The molecular weight excluding hydrogens is 226 g/mol. The third kappa shape index (κ3) is 2.09. The Morgan fingerprint density at radius 2 is 2.06 bits per heavy atom. The van der Waals surface area contributed by atoms with E-state index in [4.69, 9.17) is 0 Å². The molecule has 1 aromatic heterocycles. The van der Waals surface area contributed by atoms with Crippen LogP contribution in [0.25, 0.3) is 0 Å². The second-order valence-corrected chi connectivity index (χ2v) is 5.18. The summed E-state index contributed by atoms with van der Waals surface area (Å²) in [6.45, 7) is 9.01. The first-order valence-corrected chi connectivity index (χ1v) is 6.95. The van der Waals surface area contributed by atoms with Crippen molar-refractivity contribution in [1.29, 1.82) is 0 Å². The van der Waals surface area contributed by atoms with Gasteiger partial charge in [0.25, 0.3) is 0 Å². The lowest BCUT2D eigenvalue weighted by atomic mass is 9.89. The van der Waals surface area contributed by atoms with Gasteiger partial charge in [0.05, 0.1) is 5.54 Å². The van der Waals surface area contributed by atoms with Crippen LogP contribution in [0.4, 0.5) is 0 Å². The molecule has 4 nitrogen and oxygen atoms in total. The number of hydrogen-bond acceptors (Lipinski definition) is 3. The molecule has 0 aliphatic carbocycles. The highest BCUT2D eigenvalue weighted by Gasteiger charge is 2.40. The third-order valence-corrected chi connectivity index (χ3v) is 4.23. The molecule has 1 aromatic rings. The van der Waals surface area contributed by atoms with Gasteiger partial charge in [-0.2, -0.15) is 5.10 Å². The Balaban J connectivity index is 2.29. The molecule has 0 N–H and O–H groups in total. The third-order valence-electron chi connectivity index (χ3n) is 4.23. The van der Waals surface area contributed by atoms with Gasteiger partial charge in [-0.15, -0.1) is 0 Å². The Kier molecular flexibility index (Phi) is 3.85. The van der Waals surface area contributed by atoms with Crippen molar-refractivity contribution in [1.82, 2.24) is 14.7 Å². The zero-order valence-corrected chi connectivity index (χ0v) is 11.6. The molecule has 1 fully saturated rings. The van der Waals surface area contributed by atoms with Gasteiger partial charge in [0, 0.05) is 12.7 Å². The van der Waals surface area contributed by atoms with E-state index in [0.29, 0.717) is 0 Å². The maximum absolute atomic E-state index is 12.8. The largest absolute Gasteiger partial charge is 0.291 e. The monoisotopic (exact) mass is 249 g/mol. The molecule has 1 unspecified atom stereocenters. The van der Waals surface area contributed by atoms with E-state index in [9.17, 15) is 4.79 Å². The lowest BCUT2D eigenvalue weighted by Gasteiger charge is -2.36. The van der Waals surface area contributed by atoms with Gasteiger partial charge in [0.2, 0.25) is 5.78 Å². The number of carbonyl (C=O) groups is 1. The molecule has 0 aromatic carbocycles. The van der Waals surface area contributed by atoms with Gasteiger partial charge >= 0.3 is 0 Å². The smallest absolute Gasteiger partial charge is 0.200 e. The predicted octanol–water partition coefficient (Wildman–Crippen LogP) is 2.35. The molecule has 0 radical (unpaired) electrons. The van der Waals surface area contributed by atoms with Crippen LogP contribution in [0, 0.1) is 0 Å². The molecule has 0 saturated carbocycles.